The van der Waals surface area contributed by atoms with E-state index in [4.69, 9.17) is 0 Å². The van der Waals surface area contributed by atoms with E-state index < -0.39 is 5.91 Å². The number of hydrazone groups is 1. The van der Waals surface area contributed by atoms with Gasteiger partial charge < -0.3 is 21.1 Å². The summed E-state index contributed by atoms with van der Waals surface area (Å²) >= 11 is 5.86. The molecule has 0 bridgehead atoms. The van der Waals surface area contributed by atoms with E-state index in [-0.39, 0.29) is 24.1 Å². The molecular weight excluding hydrogens is 676 g/mol. The number of carbonyl (C=O) groups excluding carboxylic acids is 3. The maximum Gasteiger partial charge on any atom is 0.281 e. The predicted molar refractivity (Wildman–Crippen MR) is 182 cm³/mol. The lowest BCUT2D eigenvalue weighted by molar-refractivity contribution is 0.0940. The van der Waals surface area contributed by atoms with E-state index in [9.17, 15) is 19.5 Å². The minimum atomic E-state index is -0.456. The van der Waals surface area contributed by atoms with E-state index in [0.717, 1.165) is 59.7 Å². The van der Waals surface area contributed by atoms with Crippen LogP contribution in [0.25, 0.3) is 10.4 Å². The highest BCUT2D eigenvalue weighted by atomic mass is 79.9. The van der Waals surface area contributed by atoms with Gasteiger partial charge in [0.05, 0.1) is 25.9 Å². The Morgan fingerprint density at radius 2 is 1.62 bits per heavy atom. The first-order valence-electron chi connectivity index (χ1n) is 14.4. The first-order chi connectivity index (χ1) is 21.8. The summed E-state index contributed by atoms with van der Waals surface area (Å²) in [7, 11) is 0. The van der Waals surface area contributed by atoms with Crippen LogP contribution in [0.5, 0.6) is 5.75 Å². The van der Waals surface area contributed by atoms with Crippen molar-refractivity contribution in [3.63, 3.8) is 0 Å². The Morgan fingerprint density at radius 1 is 0.933 bits per heavy atom. The number of carbonyl (C=O) groups is 3. The van der Waals surface area contributed by atoms with Gasteiger partial charge in [-0.1, -0.05) is 40.2 Å². The normalized spacial score (nSPS) is 13.8. The van der Waals surface area contributed by atoms with E-state index >= 15 is 0 Å². The average Bonchev–Trinajstić information content (AvgIpc) is 3.71. The number of halogens is 1. The van der Waals surface area contributed by atoms with Crippen LogP contribution in [0.1, 0.15) is 47.8 Å². The number of nitrogens with zero attached hydrogens (tertiary/aromatic N) is 2. The number of hydrogen-bond donors (Lipinski definition) is 5. The molecule has 2 aromatic heterocycles. The standard InChI is InChI=1S/C32H33BrN6O4S2/c1-20(25-19-44-29(28(25)40)22-6-8-24(33)9-7-22)37-38-32(43)27-11-10-26(45-27)31(42)36-18-21-2-4-23(5-3-21)30(41)35-14-17-39-15-12-34-13-16-39/h2-11,19,34,40H,12-18H2,1H3,(H,35,41)(H,36,42)(H,38,43). The van der Waals surface area contributed by atoms with E-state index in [1.807, 2.05) is 36.4 Å². The Morgan fingerprint density at radius 3 is 2.33 bits per heavy atom. The van der Waals surface area contributed by atoms with Gasteiger partial charge >= 0.3 is 0 Å². The summed E-state index contributed by atoms with van der Waals surface area (Å²) in [6, 6.07) is 17.9. The van der Waals surface area contributed by atoms with Gasteiger partial charge in [-0.2, -0.15) is 5.10 Å². The van der Waals surface area contributed by atoms with Crippen molar-refractivity contribution in [3.8, 4) is 16.2 Å². The number of piperazine rings is 1. The lowest BCUT2D eigenvalue weighted by Gasteiger charge is -2.27. The molecule has 234 valence electrons. The van der Waals surface area contributed by atoms with Crippen molar-refractivity contribution in [2.24, 2.45) is 5.10 Å². The molecule has 13 heteroatoms. The molecule has 1 aliphatic heterocycles. The molecule has 45 heavy (non-hydrogen) atoms. The Kier molecular flexibility index (Phi) is 11.1. The van der Waals surface area contributed by atoms with Crippen LogP contribution in [0, 0.1) is 0 Å². The number of amides is 3. The largest absolute Gasteiger partial charge is 0.506 e. The highest BCUT2D eigenvalue weighted by Crippen LogP contribution is 2.39. The second-order valence-electron chi connectivity index (χ2n) is 10.4. The number of hydrogen-bond acceptors (Lipinski definition) is 9. The number of aromatic hydroxyl groups is 1. The molecule has 4 aromatic rings. The fourth-order valence-electron chi connectivity index (χ4n) is 4.65. The second-order valence-corrected chi connectivity index (χ2v) is 13.2. The Labute approximate surface area is 277 Å². The molecule has 0 atom stereocenters. The maximum atomic E-state index is 12.7. The third-order valence-corrected chi connectivity index (χ3v) is 9.86. The van der Waals surface area contributed by atoms with Gasteiger partial charge in [-0.3, -0.25) is 19.3 Å². The molecular formula is C32H33BrN6O4S2. The fourth-order valence-corrected chi connectivity index (χ4v) is 6.74. The summed E-state index contributed by atoms with van der Waals surface area (Å²) in [4.78, 5) is 41.7. The van der Waals surface area contributed by atoms with Crippen molar-refractivity contribution in [1.82, 2.24) is 26.3 Å². The molecule has 10 nitrogen and oxygen atoms in total. The van der Waals surface area contributed by atoms with Crippen molar-refractivity contribution in [2.45, 2.75) is 13.5 Å². The third kappa shape index (κ3) is 8.65. The molecule has 3 amide bonds. The van der Waals surface area contributed by atoms with Crippen molar-refractivity contribution >= 4 is 62.0 Å². The summed E-state index contributed by atoms with van der Waals surface area (Å²) in [5.41, 5.74) is 5.79. The SMILES string of the molecule is CC(=NNC(=O)c1ccc(C(=O)NCc2ccc(C(=O)NCCN3CCNCC3)cc2)s1)c1csc(-c2ccc(Br)cc2)c1O. The van der Waals surface area contributed by atoms with Crippen molar-refractivity contribution in [1.29, 1.82) is 0 Å². The molecule has 3 heterocycles. The molecule has 1 saturated heterocycles. The van der Waals surface area contributed by atoms with Crippen LogP contribution in [0.3, 0.4) is 0 Å². The summed E-state index contributed by atoms with van der Waals surface area (Å²) in [6.07, 6.45) is 0. The maximum absolute atomic E-state index is 12.7. The predicted octanol–water partition coefficient (Wildman–Crippen LogP) is 4.66. The summed E-state index contributed by atoms with van der Waals surface area (Å²) in [6.45, 7) is 7.32. The van der Waals surface area contributed by atoms with Gasteiger partial charge in [-0.25, -0.2) is 5.43 Å². The summed E-state index contributed by atoms with van der Waals surface area (Å²) in [5.74, 6) is -0.783. The van der Waals surface area contributed by atoms with Crippen molar-refractivity contribution in [2.75, 3.05) is 39.3 Å². The van der Waals surface area contributed by atoms with E-state index in [1.165, 1.54) is 11.3 Å². The second kappa shape index (κ2) is 15.4. The van der Waals surface area contributed by atoms with Gasteiger partial charge in [-0.05, 0) is 54.4 Å². The van der Waals surface area contributed by atoms with Crippen LogP contribution in [0.4, 0.5) is 0 Å². The van der Waals surface area contributed by atoms with Gasteiger partial charge in [-0.15, -0.1) is 22.7 Å². The molecule has 2 aromatic carbocycles. The Hall–Kier alpha value is -3.88. The van der Waals surface area contributed by atoms with Crippen LogP contribution in [-0.2, 0) is 6.54 Å². The zero-order chi connectivity index (χ0) is 31.8. The number of nitrogens with one attached hydrogen (secondary N) is 4. The average molecular weight is 710 g/mol. The van der Waals surface area contributed by atoms with Crippen LogP contribution in [0.15, 0.2) is 75.6 Å². The topological polar surface area (TPSA) is 135 Å². The smallest absolute Gasteiger partial charge is 0.281 e. The van der Waals surface area contributed by atoms with E-state index in [0.29, 0.717) is 38.0 Å². The van der Waals surface area contributed by atoms with Gasteiger partial charge in [0.2, 0.25) is 0 Å². The van der Waals surface area contributed by atoms with Gasteiger partial charge in [0.25, 0.3) is 17.7 Å². The molecule has 0 aliphatic carbocycles. The summed E-state index contributed by atoms with van der Waals surface area (Å²) < 4.78 is 0.946. The quantitative estimate of drug-likeness (QED) is 0.114. The number of thiophene rings is 2. The van der Waals surface area contributed by atoms with Crippen LogP contribution in [-0.4, -0.2) is 72.7 Å². The minimum absolute atomic E-state index is 0.104. The summed E-state index contributed by atoms with van der Waals surface area (Å²) in [5, 5.41) is 25.8. The Balaban J connectivity index is 1.09. The monoisotopic (exact) mass is 708 g/mol. The minimum Gasteiger partial charge on any atom is -0.506 e. The molecule has 0 saturated carbocycles. The molecule has 0 unspecified atom stereocenters. The molecule has 5 rings (SSSR count). The molecule has 1 aliphatic rings. The molecule has 0 spiro atoms. The first kappa shape index (κ1) is 32.5. The number of benzene rings is 2. The highest BCUT2D eigenvalue weighted by Gasteiger charge is 2.17. The van der Waals surface area contributed by atoms with Crippen molar-refractivity contribution in [3.05, 3.63) is 97.0 Å². The lowest BCUT2D eigenvalue weighted by Crippen LogP contribution is -2.46. The van der Waals surface area contributed by atoms with Gasteiger partial charge in [0.1, 0.15) is 5.75 Å². The lowest BCUT2D eigenvalue weighted by atomic mass is 10.1. The fraction of sp³-hybridized carbons (Fsp3) is 0.250. The van der Waals surface area contributed by atoms with Crippen LogP contribution in [0.2, 0.25) is 0 Å². The van der Waals surface area contributed by atoms with E-state index in [1.54, 1.807) is 36.6 Å². The zero-order valence-corrected chi connectivity index (χ0v) is 27.8. The Bertz CT molecular complexity index is 1680. The molecule has 0 radical (unpaired) electrons. The zero-order valence-electron chi connectivity index (χ0n) is 24.6. The van der Waals surface area contributed by atoms with Gasteiger partial charge in [0.15, 0.2) is 0 Å². The molecule has 5 N–H and O–H groups in total. The molecule has 1 fully saturated rings. The van der Waals surface area contributed by atoms with Crippen LogP contribution < -0.4 is 21.4 Å². The number of rotatable bonds is 11. The van der Waals surface area contributed by atoms with Crippen LogP contribution >= 0.6 is 38.6 Å². The van der Waals surface area contributed by atoms with Gasteiger partial charge in [0, 0.05) is 61.2 Å². The van der Waals surface area contributed by atoms with E-state index in [2.05, 4.69) is 47.3 Å². The first-order valence-corrected chi connectivity index (χ1v) is 16.9. The highest BCUT2D eigenvalue weighted by molar-refractivity contribution is 9.10. The van der Waals surface area contributed by atoms with Crippen molar-refractivity contribution < 1.29 is 19.5 Å². The third-order valence-electron chi connectivity index (χ3n) is 7.23.